The standard InChI is InChI=1S/C25H31N7OS.CH3.Cs/c1-24(7-8-24)21-30-31-23(32(21)25(2)9-10-25)33-15-16-11-17(12-16)18-13-27-22(28-14-18)29-19-3-5-20(34-26)6-4-19;;/h3-6,13-14,16-17H,7-12,15,26H2,1-2H3,(H,27,28,29);1H3;/q;-1;+1. The van der Waals surface area contributed by atoms with Gasteiger partial charge in [-0.25, -0.2) is 9.97 Å². The maximum absolute atomic E-state index is 6.24. The maximum atomic E-state index is 6.24. The van der Waals surface area contributed by atoms with Crippen molar-refractivity contribution in [2.75, 3.05) is 11.9 Å². The Morgan fingerprint density at radius 3 is 2.31 bits per heavy atom. The van der Waals surface area contributed by atoms with Crippen LogP contribution in [0.1, 0.15) is 69.7 Å². The van der Waals surface area contributed by atoms with Crippen molar-refractivity contribution >= 4 is 23.6 Å². The van der Waals surface area contributed by atoms with Crippen molar-refractivity contribution in [3.05, 3.63) is 55.5 Å². The van der Waals surface area contributed by atoms with Gasteiger partial charge in [-0.15, -0.1) is 5.10 Å². The normalized spacial score (nSPS) is 22.4. The summed E-state index contributed by atoms with van der Waals surface area (Å²) in [6, 6.07) is 8.60. The van der Waals surface area contributed by atoms with E-state index in [1.807, 2.05) is 36.7 Å². The number of aromatic nitrogens is 5. The second-order valence-corrected chi connectivity index (χ2v) is 11.4. The molecule has 0 amide bonds. The monoisotopic (exact) mass is 625 g/mol. The molecular weight excluding hydrogens is 591 g/mol. The second kappa shape index (κ2) is 11.3. The van der Waals surface area contributed by atoms with E-state index >= 15 is 0 Å². The van der Waals surface area contributed by atoms with Crippen LogP contribution >= 0.6 is 11.9 Å². The van der Waals surface area contributed by atoms with Crippen molar-refractivity contribution in [2.45, 2.75) is 74.1 Å². The van der Waals surface area contributed by atoms with Gasteiger partial charge >= 0.3 is 74.9 Å². The van der Waals surface area contributed by atoms with Crippen molar-refractivity contribution in [2.24, 2.45) is 11.1 Å². The number of hydrogen-bond donors (Lipinski definition) is 2. The fraction of sp³-hybridized carbons (Fsp3) is 0.500. The smallest absolute Gasteiger partial charge is 0.463 e. The summed E-state index contributed by atoms with van der Waals surface area (Å²) < 4.78 is 8.54. The third-order valence-electron chi connectivity index (χ3n) is 7.76. The molecule has 0 aliphatic heterocycles. The zero-order valence-electron chi connectivity index (χ0n) is 21.7. The average molecular weight is 626 g/mol. The third-order valence-corrected chi connectivity index (χ3v) is 8.30. The quantitative estimate of drug-likeness (QED) is 0.276. The number of nitrogens with one attached hydrogen (secondary N) is 1. The summed E-state index contributed by atoms with van der Waals surface area (Å²) >= 11 is 1.23. The number of nitrogens with two attached hydrogens (primary N) is 1. The van der Waals surface area contributed by atoms with Gasteiger partial charge in [-0.2, -0.15) is 0 Å². The van der Waals surface area contributed by atoms with Crippen LogP contribution in [-0.2, 0) is 11.0 Å². The average Bonchev–Trinajstić information content (AvgIpc) is 3.71. The zero-order chi connectivity index (χ0) is 23.3. The molecule has 0 spiro atoms. The molecule has 0 unspecified atom stereocenters. The Morgan fingerprint density at radius 1 is 1.06 bits per heavy atom. The first-order chi connectivity index (χ1) is 16.5. The number of anilines is 2. The Hall–Kier alpha value is -0.598. The van der Waals surface area contributed by atoms with E-state index in [2.05, 4.69) is 43.9 Å². The van der Waals surface area contributed by atoms with E-state index in [4.69, 9.17) is 9.88 Å². The molecule has 10 heteroatoms. The molecule has 3 saturated carbocycles. The first kappa shape index (κ1) is 28.4. The molecule has 3 N–H and O–H groups in total. The van der Waals surface area contributed by atoms with Crippen molar-refractivity contribution in [3.8, 4) is 6.01 Å². The van der Waals surface area contributed by atoms with Gasteiger partial charge in [0.15, 0.2) is 0 Å². The number of benzene rings is 1. The minimum atomic E-state index is 0. The Labute approximate surface area is 276 Å². The number of nitrogens with zero attached hydrogens (tertiary/aromatic N) is 5. The fourth-order valence-corrected chi connectivity index (χ4v) is 5.05. The van der Waals surface area contributed by atoms with Crippen molar-refractivity contribution < 1.29 is 73.6 Å². The maximum Gasteiger partial charge on any atom is 1.00 e. The summed E-state index contributed by atoms with van der Waals surface area (Å²) in [6.07, 6.45) is 10.8. The van der Waals surface area contributed by atoms with Crippen molar-refractivity contribution in [1.82, 2.24) is 24.7 Å². The van der Waals surface area contributed by atoms with Gasteiger partial charge in [0.05, 0.1) is 6.61 Å². The topological polar surface area (TPSA) is 104 Å². The van der Waals surface area contributed by atoms with Crippen LogP contribution in [0.5, 0.6) is 6.01 Å². The van der Waals surface area contributed by atoms with E-state index in [1.165, 1.54) is 43.2 Å². The Kier molecular flexibility index (Phi) is 8.88. The minimum absolute atomic E-state index is 0. The molecule has 1 aromatic carbocycles. The zero-order valence-corrected chi connectivity index (χ0v) is 28.8. The summed E-state index contributed by atoms with van der Waals surface area (Å²) in [7, 11) is 0. The molecule has 3 aromatic rings. The van der Waals surface area contributed by atoms with Gasteiger partial charge in [0.1, 0.15) is 5.82 Å². The molecule has 3 fully saturated rings. The van der Waals surface area contributed by atoms with E-state index in [0.717, 1.165) is 29.2 Å². The Morgan fingerprint density at radius 2 is 1.72 bits per heavy atom. The predicted octanol–water partition coefficient (Wildman–Crippen LogP) is 2.36. The summed E-state index contributed by atoms with van der Waals surface area (Å²) in [6.45, 7) is 5.28. The van der Waals surface area contributed by atoms with Gasteiger partial charge in [-0.3, -0.25) is 9.71 Å². The Balaban J connectivity index is 0.00000152. The van der Waals surface area contributed by atoms with Gasteiger partial charge in [0.25, 0.3) is 0 Å². The van der Waals surface area contributed by atoms with Crippen LogP contribution in [0.25, 0.3) is 0 Å². The second-order valence-electron chi connectivity index (χ2n) is 10.7. The SMILES string of the molecule is CC1(c2nnc(OCC3CC(c4cnc(Nc5ccc(SN)cc5)nc4)C3)n2C2(C)CC2)CC1.[CH3-].[Cs+]. The number of rotatable bonds is 9. The molecule has 2 heterocycles. The molecule has 2 aromatic heterocycles. The predicted molar refractivity (Wildman–Crippen MR) is 139 cm³/mol. The van der Waals surface area contributed by atoms with Crippen LogP contribution in [0.4, 0.5) is 11.6 Å². The number of hydrogen-bond acceptors (Lipinski definition) is 8. The van der Waals surface area contributed by atoms with Crippen LogP contribution in [-0.4, -0.2) is 31.3 Å². The molecule has 186 valence electrons. The Bertz CT molecular complexity index is 1170. The number of ether oxygens (including phenoxy) is 1. The van der Waals surface area contributed by atoms with E-state index in [1.54, 1.807) is 0 Å². The van der Waals surface area contributed by atoms with Gasteiger partial charge in [-0.05, 0) is 99.1 Å². The van der Waals surface area contributed by atoms with Crippen LogP contribution in [0.2, 0.25) is 0 Å². The summed E-state index contributed by atoms with van der Waals surface area (Å²) in [5, 5.41) is 17.8. The molecule has 3 aliphatic rings. The van der Waals surface area contributed by atoms with Crippen LogP contribution < -0.4 is 84.1 Å². The largest absolute Gasteiger partial charge is 1.00 e. The molecule has 8 nitrogen and oxygen atoms in total. The third kappa shape index (κ3) is 5.85. The molecule has 0 saturated heterocycles. The van der Waals surface area contributed by atoms with Crippen LogP contribution in [0.15, 0.2) is 41.6 Å². The minimum Gasteiger partial charge on any atom is -0.463 e. The molecular formula is C26H34CsN7OS. The first-order valence-corrected chi connectivity index (χ1v) is 13.0. The molecule has 6 rings (SSSR count). The molecule has 0 atom stereocenters. The van der Waals surface area contributed by atoms with Crippen molar-refractivity contribution in [1.29, 1.82) is 0 Å². The van der Waals surface area contributed by atoms with E-state index < -0.39 is 0 Å². The molecule has 36 heavy (non-hydrogen) atoms. The molecule has 0 radical (unpaired) electrons. The van der Waals surface area contributed by atoms with Gasteiger partial charge in [0.2, 0.25) is 5.95 Å². The van der Waals surface area contributed by atoms with Crippen molar-refractivity contribution in [3.63, 3.8) is 0 Å². The van der Waals surface area contributed by atoms with E-state index in [9.17, 15) is 0 Å². The van der Waals surface area contributed by atoms with E-state index in [0.29, 0.717) is 30.4 Å². The van der Waals surface area contributed by atoms with Crippen LogP contribution in [0.3, 0.4) is 0 Å². The summed E-state index contributed by atoms with van der Waals surface area (Å²) in [5.41, 5.74) is 2.46. The summed E-state index contributed by atoms with van der Waals surface area (Å²) in [4.78, 5) is 10.0. The summed E-state index contributed by atoms with van der Waals surface area (Å²) in [5.74, 6) is 2.74. The van der Waals surface area contributed by atoms with E-state index in [-0.39, 0.29) is 87.3 Å². The van der Waals surface area contributed by atoms with Gasteiger partial charge in [-0.1, -0.05) is 12.0 Å². The molecule has 3 aliphatic carbocycles. The first-order valence-electron chi connectivity index (χ1n) is 12.1. The van der Waals surface area contributed by atoms with Crippen LogP contribution in [0, 0.1) is 13.3 Å². The molecule has 0 bridgehead atoms. The van der Waals surface area contributed by atoms with Gasteiger partial charge in [0, 0.05) is 33.9 Å². The fourth-order valence-electron chi connectivity index (χ4n) is 4.75. The van der Waals surface area contributed by atoms with Gasteiger partial charge < -0.3 is 17.5 Å².